The van der Waals surface area contributed by atoms with Crippen LogP contribution in [0.3, 0.4) is 0 Å². The summed E-state index contributed by atoms with van der Waals surface area (Å²) in [5.41, 5.74) is 0.992. The van der Waals surface area contributed by atoms with Crippen molar-refractivity contribution >= 4 is 15.7 Å². The van der Waals surface area contributed by atoms with E-state index < -0.39 is 9.84 Å². The third-order valence-corrected chi connectivity index (χ3v) is 5.42. The average molecular weight is 299 g/mol. The van der Waals surface area contributed by atoms with Crippen LogP contribution in [0.1, 0.15) is 29.3 Å². The number of sulfone groups is 1. The van der Waals surface area contributed by atoms with Gasteiger partial charge in [0.05, 0.1) is 11.5 Å². The first kappa shape index (κ1) is 15.0. The SMILES string of the molecule is CCN(C(=O)c1ccc(F)cc1C)C1CCS(=O)(=O)C1. The first-order valence-electron chi connectivity index (χ1n) is 6.61. The normalized spacial score (nSPS) is 20.9. The second kappa shape index (κ2) is 5.52. The maximum atomic E-state index is 13.1. The highest BCUT2D eigenvalue weighted by atomic mass is 32.2. The van der Waals surface area contributed by atoms with Gasteiger partial charge in [-0.05, 0) is 44.0 Å². The Hall–Kier alpha value is -1.43. The molecule has 1 aliphatic heterocycles. The highest BCUT2D eigenvalue weighted by Gasteiger charge is 2.34. The van der Waals surface area contributed by atoms with Gasteiger partial charge in [-0.15, -0.1) is 0 Å². The molecule has 1 atom stereocenters. The number of carbonyl (C=O) groups is 1. The number of halogens is 1. The van der Waals surface area contributed by atoms with E-state index in [1.165, 1.54) is 18.2 Å². The van der Waals surface area contributed by atoms with Gasteiger partial charge in [0.25, 0.3) is 5.91 Å². The highest BCUT2D eigenvalue weighted by molar-refractivity contribution is 7.91. The second-order valence-corrected chi connectivity index (χ2v) is 7.34. The predicted molar refractivity (Wildman–Crippen MR) is 74.9 cm³/mol. The average Bonchev–Trinajstić information content (AvgIpc) is 2.70. The van der Waals surface area contributed by atoms with Crippen LogP contribution in [0.25, 0.3) is 0 Å². The van der Waals surface area contributed by atoms with Gasteiger partial charge in [-0.3, -0.25) is 4.79 Å². The van der Waals surface area contributed by atoms with E-state index in [9.17, 15) is 17.6 Å². The van der Waals surface area contributed by atoms with Crippen molar-refractivity contribution in [3.63, 3.8) is 0 Å². The Bertz CT molecular complexity index is 627. The Balaban J connectivity index is 2.26. The maximum absolute atomic E-state index is 13.1. The molecule has 1 unspecified atom stereocenters. The van der Waals surface area contributed by atoms with Crippen LogP contribution >= 0.6 is 0 Å². The summed E-state index contributed by atoms with van der Waals surface area (Å²) in [6, 6.07) is 3.74. The Morgan fingerprint density at radius 1 is 1.45 bits per heavy atom. The van der Waals surface area contributed by atoms with Crippen molar-refractivity contribution < 1.29 is 17.6 Å². The number of hydrogen-bond donors (Lipinski definition) is 0. The smallest absolute Gasteiger partial charge is 0.254 e. The lowest BCUT2D eigenvalue weighted by Crippen LogP contribution is -2.41. The van der Waals surface area contributed by atoms with Crippen LogP contribution in [0.2, 0.25) is 0 Å². The van der Waals surface area contributed by atoms with Gasteiger partial charge in [0, 0.05) is 18.2 Å². The molecular weight excluding hydrogens is 281 g/mol. The van der Waals surface area contributed by atoms with Gasteiger partial charge in [-0.1, -0.05) is 0 Å². The number of aryl methyl sites for hydroxylation is 1. The van der Waals surface area contributed by atoms with Crippen molar-refractivity contribution in [1.82, 2.24) is 4.90 Å². The summed E-state index contributed by atoms with van der Waals surface area (Å²) in [5.74, 6) is -0.464. The van der Waals surface area contributed by atoms with Crippen LogP contribution in [0.5, 0.6) is 0 Å². The summed E-state index contributed by atoms with van der Waals surface area (Å²) >= 11 is 0. The molecule has 1 fully saturated rings. The second-order valence-electron chi connectivity index (χ2n) is 5.11. The minimum atomic E-state index is -3.04. The molecule has 110 valence electrons. The van der Waals surface area contributed by atoms with Crippen molar-refractivity contribution in [3.05, 3.63) is 35.1 Å². The van der Waals surface area contributed by atoms with E-state index in [1.54, 1.807) is 11.8 Å². The van der Waals surface area contributed by atoms with Crippen LogP contribution in [-0.4, -0.2) is 43.3 Å². The van der Waals surface area contributed by atoms with E-state index in [-0.39, 0.29) is 29.3 Å². The van der Waals surface area contributed by atoms with E-state index in [0.29, 0.717) is 24.1 Å². The lowest BCUT2D eigenvalue weighted by molar-refractivity contribution is 0.0707. The molecule has 0 aliphatic carbocycles. The van der Waals surface area contributed by atoms with Crippen molar-refractivity contribution in [2.45, 2.75) is 26.3 Å². The van der Waals surface area contributed by atoms with E-state index in [0.717, 1.165) is 0 Å². The molecule has 0 N–H and O–H groups in total. The quantitative estimate of drug-likeness (QED) is 0.855. The fourth-order valence-electron chi connectivity index (χ4n) is 2.61. The third kappa shape index (κ3) is 3.00. The van der Waals surface area contributed by atoms with E-state index in [2.05, 4.69) is 0 Å². The lowest BCUT2D eigenvalue weighted by Gasteiger charge is -2.27. The maximum Gasteiger partial charge on any atom is 0.254 e. The molecule has 1 aromatic rings. The van der Waals surface area contributed by atoms with Crippen LogP contribution in [0, 0.1) is 12.7 Å². The van der Waals surface area contributed by atoms with Gasteiger partial charge in [-0.2, -0.15) is 0 Å². The molecule has 0 spiro atoms. The van der Waals surface area contributed by atoms with E-state index in [4.69, 9.17) is 0 Å². The van der Waals surface area contributed by atoms with E-state index >= 15 is 0 Å². The minimum Gasteiger partial charge on any atom is -0.335 e. The number of rotatable bonds is 3. The molecule has 6 heteroatoms. The minimum absolute atomic E-state index is 0.0207. The monoisotopic (exact) mass is 299 g/mol. The summed E-state index contributed by atoms with van der Waals surface area (Å²) in [7, 11) is -3.04. The Kier molecular flexibility index (Phi) is 4.13. The zero-order chi connectivity index (χ0) is 14.9. The summed E-state index contributed by atoms with van der Waals surface area (Å²) in [5, 5.41) is 0. The molecule has 1 amide bonds. The molecule has 1 aliphatic rings. The van der Waals surface area contributed by atoms with Crippen LogP contribution in [-0.2, 0) is 9.84 Å². The number of hydrogen-bond acceptors (Lipinski definition) is 3. The van der Waals surface area contributed by atoms with Gasteiger partial charge < -0.3 is 4.90 Å². The van der Waals surface area contributed by atoms with Gasteiger partial charge >= 0.3 is 0 Å². The molecule has 1 aromatic carbocycles. The molecule has 1 saturated heterocycles. The Morgan fingerprint density at radius 2 is 2.15 bits per heavy atom. The standard InChI is InChI=1S/C14H18FNO3S/c1-3-16(12-6-7-20(18,19)9-12)14(17)13-5-4-11(15)8-10(13)2/h4-5,8,12H,3,6-7,9H2,1-2H3. The summed E-state index contributed by atoms with van der Waals surface area (Å²) < 4.78 is 36.2. The molecule has 20 heavy (non-hydrogen) atoms. The number of nitrogens with zero attached hydrogens (tertiary/aromatic N) is 1. The molecule has 0 saturated carbocycles. The molecule has 0 bridgehead atoms. The lowest BCUT2D eigenvalue weighted by atomic mass is 10.1. The molecule has 4 nitrogen and oxygen atoms in total. The zero-order valence-corrected chi connectivity index (χ0v) is 12.4. The number of benzene rings is 1. The topological polar surface area (TPSA) is 54.5 Å². The summed E-state index contributed by atoms with van der Waals surface area (Å²) in [4.78, 5) is 14.1. The Labute approximate surface area is 118 Å². The van der Waals surface area contributed by atoms with Gasteiger partial charge in [-0.25, -0.2) is 12.8 Å². The predicted octanol–water partition coefficient (Wildman–Crippen LogP) is 1.78. The number of carbonyl (C=O) groups excluding carboxylic acids is 1. The zero-order valence-electron chi connectivity index (χ0n) is 11.6. The van der Waals surface area contributed by atoms with Crippen LogP contribution in [0.4, 0.5) is 4.39 Å². The summed E-state index contributed by atoms with van der Waals surface area (Å²) in [6.07, 6.45) is 0.474. The third-order valence-electron chi connectivity index (χ3n) is 3.67. The first-order chi connectivity index (χ1) is 9.34. The largest absolute Gasteiger partial charge is 0.335 e. The molecular formula is C14H18FNO3S. The molecule has 0 aromatic heterocycles. The van der Waals surface area contributed by atoms with Crippen molar-refractivity contribution in [2.24, 2.45) is 0 Å². The van der Waals surface area contributed by atoms with Gasteiger partial charge in [0.2, 0.25) is 0 Å². The van der Waals surface area contributed by atoms with E-state index in [1.807, 2.05) is 6.92 Å². The molecule has 1 heterocycles. The van der Waals surface area contributed by atoms with Crippen molar-refractivity contribution in [3.8, 4) is 0 Å². The molecule has 0 radical (unpaired) electrons. The van der Waals surface area contributed by atoms with Crippen LogP contribution in [0.15, 0.2) is 18.2 Å². The summed E-state index contributed by atoms with van der Waals surface area (Å²) in [6.45, 7) is 3.94. The first-order valence-corrected chi connectivity index (χ1v) is 8.43. The van der Waals surface area contributed by atoms with Crippen LogP contribution < -0.4 is 0 Å². The van der Waals surface area contributed by atoms with Gasteiger partial charge in [0.1, 0.15) is 5.82 Å². The Morgan fingerprint density at radius 3 is 2.65 bits per heavy atom. The fraction of sp³-hybridized carbons (Fsp3) is 0.500. The van der Waals surface area contributed by atoms with Crippen molar-refractivity contribution in [1.29, 1.82) is 0 Å². The number of amides is 1. The van der Waals surface area contributed by atoms with Gasteiger partial charge in [0.15, 0.2) is 9.84 Å². The highest BCUT2D eigenvalue weighted by Crippen LogP contribution is 2.21. The molecule has 2 rings (SSSR count). The van der Waals surface area contributed by atoms with Crippen molar-refractivity contribution in [2.75, 3.05) is 18.1 Å². The fourth-order valence-corrected chi connectivity index (χ4v) is 4.34.